The van der Waals surface area contributed by atoms with E-state index < -0.39 is 0 Å². The first-order valence-electron chi connectivity index (χ1n) is 21.6. The maximum absolute atomic E-state index is 12.3. The quantitative estimate of drug-likeness (QED) is 0.0884. The van der Waals surface area contributed by atoms with Crippen molar-refractivity contribution in [1.29, 1.82) is 0 Å². The van der Waals surface area contributed by atoms with Crippen LogP contribution in [0.1, 0.15) is 57.0 Å². The molecule has 10 rings (SSSR count). The number of ether oxygens (including phenoxy) is 1. The number of carbonyl (C=O) groups excluding carboxylic acids is 1. The van der Waals surface area contributed by atoms with Gasteiger partial charge in [-0.05, 0) is 101 Å². The number of rotatable bonds is 11. The minimum atomic E-state index is 0.000682. The lowest BCUT2D eigenvalue weighted by Crippen LogP contribution is -2.27. The Hall–Kier alpha value is -8.18. The Morgan fingerprint density at radius 1 is 0.500 bits per heavy atom. The number of fused-ring (bicyclic) bond motifs is 8. The predicted molar refractivity (Wildman–Crippen MR) is 245 cm³/mol. The second kappa shape index (κ2) is 17.3. The van der Waals surface area contributed by atoms with Gasteiger partial charge in [0.25, 0.3) is 0 Å². The molecular weight excluding hydrogens is 795 g/mol. The van der Waals surface area contributed by atoms with Gasteiger partial charge in [0.05, 0.1) is 13.0 Å². The summed E-state index contributed by atoms with van der Waals surface area (Å²) in [6.07, 6.45) is 17.2. The molecule has 0 saturated carbocycles. The van der Waals surface area contributed by atoms with Gasteiger partial charge in [-0.3, -0.25) is 4.79 Å². The molecule has 0 saturated heterocycles. The topological polar surface area (TPSA) is 129 Å². The van der Waals surface area contributed by atoms with E-state index in [9.17, 15) is 4.79 Å². The molecule has 0 atom stereocenters. The molecule has 1 aliphatic heterocycles. The number of carbonyl (C=O) groups is 1. The van der Waals surface area contributed by atoms with E-state index in [-0.39, 0.29) is 5.91 Å². The number of hydrogen-bond donors (Lipinski definition) is 6. The van der Waals surface area contributed by atoms with Crippen molar-refractivity contribution in [2.45, 2.75) is 12.8 Å². The van der Waals surface area contributed by atoms with Crippen LogP contribution < -0.4 is 45.2 Å². The van der Waals surface area contributed by atoms with Crippen molar-refractivity contribution in [3.05, 3.63) is 237 Å². The molecule has 316 valence electrons. The van der Waals surface area contributed by atoms with Gasteiger partial charge in [0, 0.05) is 122 Å². The molecule has 0 radical (unpaired) electrons. The van der Waals surface area contributed by atoms with Crippen LogP contribution in [0.25, 0.3) is 22.3 Å². The van der Waals surface area contributed by atoms with E-state index in [1.807, 2.05) is 51.7 Å². The zero-order valence-corrected chi connectivity index (χ0v) is 36.1. The largest absolute Gasteiger partial charge is 0.494 e. The standard InChI is InChI=1S/C53H47N9O2/c1-60-26-18-37(19-27-60)51-43-11-9-41(56-43)50(36-5-7-40(8-6-36)64-32-4-24-55-49(63)33-35-17-25-54-34-35)42-10-12-44(57-42)52(38-20-28-61(2)29-21-38)46-14-16-48(59-46)53(47-15-13-45(51)58-47)39-22-30-62(3)31-23-39/h5-23,25-31,34,54H,4,24,32-33H2,1-3H3,(H2-,55,56,57,58,59,63)/p+3. The number of hydrogen-bond acceptors (Lipinski definition) is 2. The fourth-order valence-corrected chi connectivity index (χ4v) is 8.50. The molecule has 0 spiro atoms. The Bertz CT molecular complexity index is 3350. The normalized spacial score (nSPS) is 12.5. The molecule has 64 heavy (non-hydrogen) atoms. The molecule has 0 aliphatic carbocycles. The maximum atomic E-state index is 12.3. The van der Waals surface area contributed by atoms with Crippen molar-refractivity contribution in [2.24, 2.45) is 21.1 Å². The van der Waals surface area contributed by atoms with Gasteiger partial charge in [-0.25, -0.2) is 13.7 Å². The van der Waals surface area contributed by atoms with Crippen LogP contribution in [-0.4, -0.2) is 44.0 Å². The van der Waals surface area contributed by atoms with Crippen molar-refractivity contribution < 1.29 is 23.2 Å². The molecule has 9 heterocycles. The average Bonchev–Trinajstić information content (AvgIpc) is 4.18. The summed E-state index contributed by atoms with van der Waals surface area (Å²) in [7, 11) is 6.11. The first-order valence-corrected chi connectivity index (χ1v) is 21.6. The summed E-state index contributed by atoms with van der Waals surface area (Å²) in [6, 6.07) is 40.6. The highest BCUT2D eigenvalue weighted by Gasteiger charge is 2.19. The number of H-pyrrole nitrogens is 5. The molecule has 6 N–H and O–H groups in total. The Kier molecular flexibility index (Phi) is 10.8. The Labute approximate surface area is 370 Å². The minimum Gasteiger partial charge on any atom is -0.494 e. The Morgan fingerprint density at radius 3 is 1.30 bits per heavy atom. The van der Waals surface area contributed by atoms with Gasteiger partial charge in [-0.15, -0.1) is 0 Å². The van der Waals surface area contributed by atoms with Crippen molar-refractivity contribution in [2.75, 3.05) is 13.2 Å². The first-order chi connectivity index (χ1) is 31.3. The highest BCUT2D eigenvalue weighted by atomic mass is 16.5. The summed E-state index contributed by atoms with van der Waals surface area (Å²) < 4.78 is 12.3. The SMILES string of the molecule is C[n+]1ccc(C2=c3ccc([nH]3)=C(c3ccc(OCCCNC(=O)Cc4cc[nH]c4)cc3)c3ccc([nH]3)C(c3cc[n+](C)cc3)=c3ccc([nH]3)=C(c3cc[n+](C)cc3)c3ccc2[nH]3)cc1. The Morgan fingerprint density at radius 2 is 0.906 bits per heavy atom. The summed E-state index contributed by atoms with van der Waals surface area (Å²) in [6.45, 7) is 1.03. The molecule has 1 aromatic carbocycles. The highest BCUT2D eigenvalue weighted by Crippen LogP contribution is 2.28. The van der Waals surface area contributed by atoms with Gasteiger partial charge in [0.2, 0.25) is 5.91 Å². The third-order valence-corrected chi connectivity index (χ3v) is 11.8. The fourth-order valence-electron chi connectivity index (χ4n) is 8.50. The van der Waals surface area contributed by atoms with E-state index in [2.05, 4.69) is 178 Å². The molecule has 8 bridgehead atoms. The van der Waals surface area contributed by atoms with E-state index in [0.29, 0.717) is 26.0 Å². The zero-order valence-electron chi connectivity index (χ0n) is 36.1. The smallest absolute Gasteiger partial charge is 0.224 e. The number of amides is 1. The van der Waals surface area contributed by atoms with E-state index in [0.717, 1.165) is 100 Å². The van der Waals surface area contributed by atoms with Crippen LogP contribution >= 0.6 is 0 Å². The minimum absolute atomic E-state index is 0.000682. The summed E-state index contributed by atoms with van der Waals surface area (Å²) in [4.78, 5) is 30.8. The maximum Gasteiger partial charge on any atom is 0.224 e. The van der Waals surface area contributed by atoms with E-state index in [4.69, 9.17) is 4.74 Å². The number of aromatic amines is 5. The number of pyridine rings is 3. The number of aromatic nitrogens is 8. The summed E-state index contributed by atoms with van der Waals surface area (Å²) in [5, 5.41) is 6.92. The molecule has 1 aliphatic rings. The third-order valence-electron chi connectivity index (χ3n) is 11.8. The Balaban J connectivity index is 1.11. The molecule has 8 aromatic heterocycles. The van der Waals surface area contributed by atoms with Crippen LogP contribution in [-0.2, 0) is 32.4 Å². The second-order valence-corrected chi connectivity index (χ2v) is 16.4. The van der Waals surface area contributed by atoms with Crippen LogP contribution in [0.4, 0.5) is 0 Å². The third kappa shape index (κ3) is 8.26. The molecule has 1 amide bonds. The molecule has 11 nitrogen and oxygen atoms in total. The van der Waals surface area contributed by atoms with Crippen molar-refractivity contribution in [3.8, 4) is 5.75 Å². The van der Waals surface area contributed by atoms with E-state index in [1.165, 1.54) is 0 Å². The van der Waals surface area contributed by atoms with Crippen LogP contribution in [0.2, 0.25) is 0 Å². The van der Waals surface area contributed by atoms with Gasteiger partial charge in [0.1, 0.15) is 26.9 Å². The molecule has 0 unspecified atom stereocenters. The van der Waals surface area contributed by atoms with Crippen LogP contribution in [0.5, 0.6) is 5.75 Å². The van der Waals surface area contributed by atoms with Crippen LogP contribution in [0, 0.1) is 0 Å². The van der Waals surface area contributed by atoms with E-state index in [1.54, 1.807) is 0 Å². The van der Waals surface area contributed by atoms with Crippen molar-refractivity contribution in [3.63, 3.8) is 0 Å². The highest BCUT2D eigenvalue weighted by molar-refractivity contribution is 5.84. The molecule has 11 heteroatoms. The van der Waals surface area contributed by atoms with E-state index >= 15 is 0 Å². The molecule has 0 fully saturated rings. The number of benzene rings is 1. The van der Waals surface area contributed by atoms with Gasteiger partial charge < -0.3 is 35.0 Å². The monoisotopic (exact) mass is 844 g/mol. The van der Waals surface area contributed by atoms with Gasteiger partial charge in [-0.1, -0.05) is 12.1 Å². The van der Waals surface area contributed by atoms with Gasteiger partial charge in [-0.2, -0.15) is 0 Å². The summed E-state index contributed by atoms with van der Waals surface area (Å²) in [5.41, 5.74) is 13.4. The van der Waals surface area contributed by atoms with Crippen LogP contribution in [0.3, 0.4) is 0 Å². The van der Waals surface area contributed by atoms with Gasteiger partial charge in [0.15, 0.2) is 37.2 Å². The predicted octanol–water partition coefficient (Wildman–Crippen LogP) is 3.23. The fraction of sp³-hybridized carbons (Fsp3) is 0.132. The lowest BCUT2D eigenvalue weighted by molar-refractivity contribution is -0.671. The first kappa shape index (κ1) is 39.9. The lowest BCUT2D eigenvalue weighted by Gasteiger charge is -2.11. The average molecular weight is 845 g/mol. The zero-order chi connectivity index (χ0) is 43.6. The van der Waals surface area contributed by atoms with Gasteiger partial charge >= 0.3 is 0 Å². The lowest BCUT2D eigenvalue weighted by atomic mass is 10.0. The number of nitrogens with one attached hydrogen (secondary N) is 6. The number of aryl methyl sites for hydroxylation is 3. The van der Waals surface area contributed by atoms with Crippen molar-refractivity contribution >= 4 is 28.2 Å². The summed E-state index contributed by atoms with van der Waals surface area (Å²) in [5.74, 6) is 0.766. The summed E-state index contributed by atoms with van der Waals surface area (Å²) >= 11 is 0. The second-order valence-electron chi connectivity index (χ2n) is 16.4. The molecular formula is C53H50N9O2+3. The van der Waals surface area contributed by atoms with Crippen LogP contribution in [0.15, 0.2) is 165 Å². The molecule has 9 aromatic rings. The number of nitrogens with zero attached hydrogens (tertiary/aromatic N) is 3. The van der Waals surface area contributed by atoms with Crippen molar-refractivity contribution in [1.82, 2.24) is 30.2 Å².